The zero-order chi connectivity index (χ0) is 11.4. The van der Waals surface area contributed by atoms with Crippen molar-refractivity contribution in [2.75, 3.05) is 0 Å². The molecule has 0 aliphatic carbocycles. The summed E-state index contributed by atoms with van der Waals surface area (Å²) in [7, 11) is 0. The van der Waals surface area contributed by atoms with Crippen LogP contribution < -0.4 is 0 Å². The summed E-state index contributed by atoms with van der Waals surface area (Å²) in [5, 5.41) is 9.13. The van der Waals surface area contributed by atoms with Crippen LogP contribution in [0.3, 0.4) is 0 Å². The topological polar surface area (TPSA) is 50.2 Å². The minimum Gasteiger partial charge on any atom is -0.481 e. The van der Waals surface area contributed by atoms with E-state index in [2.05, 4.69) is 4.98 Å². The first-order valence-corrected chi connectivity index (χ1v) is 5.16. The van der Waals surface area contributed by atoms with E-state index < -0.39 is 11.9 Å². The SMILES string of the molecule is Cc1ccnc(C(CC(C)C)C(=O)O)c1. The highest BCUT2D eigenvalue weighted by Gasteiger charge is 2.22. The van der Waals surface area contributed by atoms with Crippen molar-refractivity contribution >= 4 is 5.97 Å². The van der Waals surface area contributed by atoms with E-state index in [1.54, 1.807) is 6.20 Å². The van der Waals surface area contributed by atoms with Crippen LogP contribution in [-0.2, 0) is 4.79 Å². The van der Waals surface area contributed by atoms with Gasteiger partial charge in [-0.2, -0.15) is 0 Å². The minimum atomic E-state index is -0.790. The van der Waals surface area contributed by atoms with Gasteiger partial charge in [-0.1, -0.05) is 13.8 Å². The molecule has 0 aliphatic heterocycles. The quantitative estimate of drug-likeness (QED) is 0.825. The van der Waals surface area contributed by atoms with Crippen molar-refractivity contribution < 1.29 is 9.90 Å². The summed E-state index contributed by atoms with van der Waals surface area (Å²) in [5.74, 6) is -0.917. The predicted octanol–water partition coefficient (Wildman–Crippen LogP) is 2.60. The van der Waals surface area contributed by atoms with Gasteiger partial charge in [0.15, 0.2) is 0 Å². The first-order chi connectivity index (χ1) is 7.00. The number of nitrogens with zero attached hydrogens (tertiary/aromatic N) is 1. The van der Waals surface area contributed by atoms with Crippen molar-refractivity contribution in [3.63, 3.8) is 0 Å². The van der Waals surface area contributed by atoms with Crippen LogP contribution in [0, 0.1) is 12.8 Å². The van der Waals surface area contributed by atoms with E-state index in [0.29, 0.717) is 18.0 Å². The molecule has 0 amide bonds. The Balaban J connectivity index is 2.94. The van der Waals surface area contributed by atoms with Crippen LogP contribution in [0.2, 0.25) is 0 Å². The third-order valence-corrected chi connectivity index (χ3v) is 2.30. The lowest BCUT2D eigenvalue weighted by atomic mass is 9.93. The van der Waals surface area contributed by atoms with Crippen molar-refractivity contribution in [3.8, 4) is 0 Å². The van der Waals surface area contributed by atoms with Gasteiger partial charge < -0.3 is 5.11 Å². The Bertz CT molecular complexity index is 347. The molecular weight excluding hydrogens is 190 g/mol. The molecule has 0 fully saturated rings. The average Bonchev–Trinajstić information content (AvgIpc) is 2.13. The second-order valence-electron chi connectivity index (χ2n) is 4.28. The molecule has 0 aromatic carbocycles. The van der Waals surface area contributed by atoms with Crippen LogP contribution >= 0.6 is 0 Å². The van der Waals surface area contributed by atoms with E-state index in [-0.39, 0.29) is 0 Å². The van der Waals surface area contributed by atoms with Gasteiger partial charge in [-0.3, -0.25) is 9.78 Å². The van der Waals surface area contributed by atoms with Crippen LogP contribution in [-0.4, -0.2) is 16.1 Å². The average molecular weight is 207 g/mol. The van der Waals surface area contributed by atoms with E-state index in [0.717, 1.165) is 5.56 Å². The molecule has 1 aromatic heterocycles. The molecule has 15 heavy (non-hydrogen) atoms. The largest absolute Gasteiger partial charge is 0.481 e. The van der Waals surface area contributed by atoms with Crippen molar-refractivity contribution in [1.82, 2.24) is 4.98 Å². The lowest BCUT2D eigenvalue weighted by Crippen LogP contribution is -2.15. The minimum absolute atomic E-state index is 0.355. The number of carboxylic acid groups (broad SMARTS) is 1. The number of aryl methyl sites for hydroxylation is 1. The van der Waals surface area contributed by atoms with E-state index in [1.807, 2.05) is 32.9 Å². The molecule has 3 heteroatoms. The highest BCUT2D eigenvalue weighted by molar-refractivity contribution is 5.75. The number of hydrogen-bond donors (Lipinski definition) is 1. The second-order valence-corrected chi connectivity index (χ2v) is 4.28. The zero-order valence-electron chi connectivity index (χ0n) is 9.40. The lowest BCUT2D eigenvalue weighted by Gasteiger charge is -2.14. The monoisotopic (exact) mass is 207 g/mol. The van der Waals surface area contributed by atoms with Gasteiger partial charge in [0.05, 0.1) is 11.6 Å². The third kappa shape index (κ3) is 3.35. The van der Waals surface area contributed by atoms with Crippen molar-refractivity contribution in [2.45, 2.75) is 33.1 Å². The van der Waals surface area contributed by atoms with Crippen molar-refractivity contribution in [1.29, 1.82) is 0 Å². The fourth-order valence-corrected chi connectivity index (χ4v) is 1.57. The summed E-state index contributed by atoms with van der Waals surface area (Å²) in [6, 6.07) is 3.72. The number of aliphatic carboxylic acids is 1. The summed E-state index contributed by atoms with van der Waals surface area (Å²) in [6.45, 7) is 5.98. The van der Waals surface area contributed by atoms with Crippen LogP contribution in [0.15, 0.2) is 18.3 Å². The standard InChI is InChI=1S/C12H17NO2/c1-8(2)6-10(12(14)15)11-7-9(3)4-5-13-11/h4-5,7-8,10H,6H2,1-3H3,(H,14,15). The molecule has 1 unspecified atom stereocenters. The van der Waals surface area contributed by atoms with E-state index in [4.69, 9.17) is 5.11 Å². The molecule has 1 heterocycles. The number of hydrogen-bond acceptors (Lipinski definition) is 2. The Morgan fingerprint density at radius 3 is 2.67 bits per heavy atom. The van der Waals surface area contributed by atoms with Gasteiger partial charge >= 0.3 is 5.97 Å². The molecule has 0 radical (unpaired) electrons. The first kappa shape index (κ1) is 11.7. The molecule has 1 rings (SSSR count). The number of carbonyl (C=O) groups is 1. The summed E-state index contributed by atoms with van der Waals surface area (Å²) >= 11 is 0. The van der Waals surface area contributed by atoms with Crippen LogP contribution in [0.4, 0.5) is 0 Å². The van der Waals surface area contributed by atoms with Gasteiger partial charge in [-0.15, -0.1) is 0 Å². The normalized spacial score (nSPS) is 12.8. The Hall–Kier alpha value is -1.38. The lowest BCUT2D eigenvalue weighted by molar-refractivity contribution is -0.139. The van der Waals surface area contributed by atoms with Gasteiger partial charge in [-0.05, 0) is 37.0 Å². The van der Waals surface area contributed by atoms with Crippen LogP contribution in [0.5, 0.6) is 0 Å². The molecule has 0 aliphatic rings. The van der Waals surface area contributed by atoms with Crippen LogP contribution in [0.1, 0.15) is 37.4 Å². The maximum Gasteiger partial charge on any atom is 0.312 e. The summed E-state index contributed by atoms with van der Waals surface area (Å²) in [4.78, 5) is 15.2. The van der Waals surface area contributed by atoms with Crippen LogP contribution in [0.25, 0.3) is 0 Å². The fourth-order valence-electron chi connectivity index (χ4n) is 1.57. The van der Waals surface area contributed by atoms with Gasteiger partial charge in [0.25, 0.3) is 0 Å². The molecule has 0 bridgehead atoms. The molecular formula is C12H17NO2. The Morgan fingerprint density at radius 2 is 2.20 bits per heavy atom. The first-order valence-electron chi connectivity index (χ1n) is 5.16. The molecule has 82 valence electrons. The Labute approximate surface area is 90.2 Å². The van der Waals surface area contributed by atoms with Crippen molar-refractivity contribution in [2.24, 2.45) is 5.92 Å². The molecule has 1 N–H and O–H groups in total. The van der Waals surface area contributed by atoms with E-state index in [9.17, 15) is 4.79 Å². The molecule has 1 aromatic rings. The van der Waals surface area contributed by atoms with Crippen molar-refractivity contribution in [3.05, 3.63) is 29.6 Å². The maximum atomic E-state index is 11.1. The molecule has 0 saturated heterocycles. The number of pyridine rings is 1. The summed E-state index contributed by atoms with van der Waals surface area (Å²) in [6.07, 6.45) is 2.30. The molecule has 0 saturated carbocycles. The highest BCUT2D eigenvalue weighted by atomic mass is 16.4. The fraction of sp³-hybridized carbons (Fsp3) is 0.500. The zero-order valence-corrected chi connectivity index (χ0v) is 9.40. The van der Waals surface area contributed by atoms with Gasteiger partial charge in [-0.25, -0.2) is 0 Å². The predicted molar refractivity (Wildman–Crippen MR) is 58.8 cm³/mol. The Kier molecular flexibility index (Phi) is 3.83. The number of aromatic nitrogens is 1. The molecule has 1 atom stereocenters. The Morgan fingerprint density at radius 1 is 1.53 bits per heavy atom. The third-order valence-electron chi connectivity index (χ3n) is 2.30. The summed E-state index contributed by atoms with van der Waals surface area (Å²) in [5.41, 5.74) is 1.71. The maximum absolute atomic E-state index is 11.1. The molecule has 0 spiro atoms. The number of carboxylic acids is 1. The highest BCUT2D eigenvalue weighted by Crippen LogP contribution is 2.22. The van der Waals surface area contributed by atoms with Gasteiger partial charge in [0, 0.05) is 6.20 Å². The van der Waals surface area contributed by atoms with Gasteiger partial charge in [0.1, 0.15) is 0 Å². The van der Waals surface area contributed by atoms with E-state index in [1.165, 1.54) is 0 Å². The number of rotatable bonds is 4. The molecule has 3 nitrogen and oxygen atoms in total. The second kappa shape index (κ2) is 4.91. The summed E-state index contributed by atoms with van der Waals surface area (Å²) < 4.78 is 0. The smallest absolute Gasteiger partial charge is 0.312 e. The van der Waals surface area contributed by atoms with E-state index >= 15 is 0 Å². The van der Waals surface area contributed by atoms with Gasteiger partial charge in [0.2, 0.25) is 0 Å².